The molecule has 5 heteroatoms. The highest BCUT2D eigenvalue weighted by molar-refractivity contribution is 5.84. The van der Waals surface area contributed by atoms with Crippen LogP contribution in [0.2, 0.25) is 0 Å². The van der Waals surface area contributed by atoms with Gasteiger partial charge in [0.1, 0.15) is 12.2 Å². The molecule has 0 saturated heterocycles. The van der Waals surface area contributed by atoms with Gasteiger partial charge in [0.2, 0.25) is 5.91 Å². The van der Waals surface area contributed by atoms with E-state index in [9.17, 15) is 4.79 Å². The second kappa shape index (κ2) is 6.62. The number of benzene rings is 1. The predicted octanol–water partition coefficient (Wildman–Crippen LogP) is 2.75. The number of carbonyl (C=O) groups excluding carboxylic acids is 1. The lowest BCUT2D eigenvalue weighted by Gasteiger charge is -2.36. The molecular weight excluding hydrogens is 312 g/mol. The van der Waals surface area contributed by atoms with Crippen molar-refractivity contribution in [3.63, 3.8) is 0 Å². The maximum absolute atomic E-state index is 13.2. The molecular formula is C20H26N4O. The van der Waals surface area contributed by atoms with Crippen LogP contribution in [0.25, 0.3) is 0 Å². The second-order valence-electron chi connectivity index (χ2n) is 7.73. The fraction of sp³-hybridized carbons (Fsp3) is 0.550. The fourth-order valence-corrected chi connectivity index (χ4v) is 4.98. The van der Waals surface area contributed by atoms with Gasteiger partial charge in [0.15, 0.2) is 0 Å². The first-order valence-corrected chi connectivity index (χ1v) is 9.34. The summed E-state index contributed by atoms with van der Waals surface area (Å²) in [6.45, 7) is 3.29. The van der Waals surface area contributed by atoms with Crippen molar-refractivity contribution in [2.24, 2.45) is 17.3 Å². The highest BCUT2D eigenvalue weighted by Gasteiger charge is 2.55. The molecule has 2 fully saturated rings. The third kappa shape index (κ3) is 3.08. The van der Waals surface area contributed by atoms with Gasteiger partial charge in [-0.25, -0.2) is 0 Å². The van der Waals surface area contributed by atoms with Crippen LogP contribution in [0.5, 0.6) is 0 Å². The third-order valence-corrected chi connectivity index (χ3v) is 6.24. The predicted molar refractivity (Wildman–Crippen MR) is 95.8 cm³/mol. The summed E-state index contributed by atoms with van der Waals surface area (Å²) in [5, 5.41) is 11.1. The molecule has 1 aromatic heterocycles. The third-order valence-electron chi connectivity index (χ3n) is 6.24. The van der Waals surface area contributed by atoms with Gasteiger partial charge in [-0.3, -0.25) is 4.79 Å². The van der Waals surface area contributed by atoms with Crippen LogP contribution >= 0.6 is 0 Å². The molecule has 1 heterocycles. The Labute approximate surface area is 148 Å². The average Bonchev–Trinajstić information content (AvgIpc) is 3.33. The molecule has 2 saturated carbocycles. The summed E-state index contributed by atoms with van der Waals surface area (Å²) in [5.41, 5.74) is 1.06. The first kappa shape index (κ1) is 16.3. The first-order valence-electron chi connectivity index (χ1n) is 9.34. The molecule has 2 aliphatic carbocycles. The minimum absolute atomic E-state index is 0.216. The van der Waals surface area contributed by atoms with Crippen LogP contribution in [-0.4, -0.2) is 27.2 Å². The maximum atomic E-state index is 13.2. The monoisotopic (exact) mass is 338 g/mol. The average molecular weight is 338 g/mol. The molecule has 0 spiro atoms. The van der Waals surface area contributed by atoms with Crippen LogP contribution in [0, 0.1) is 24.2 Å². The Hall–Kier alpha value is -2.17. The standard InChI is InChI=1S/C20H26N4O/c1-15-23-22-14-24(15)10-9-21-19(25)20(12-16-5-3-2-4-6-16)13-17-7-8-18(20)11-17/h2-6,14,17-18H,7-13H2,1H3,(H,21,25). The van der Waals surface area contributed by atoms with Gasteiger partial charge >= 0.3 is 0 Å². The van der Waals surface area contributed by atoms with Crippen LogP contribution < -0.4 is 5.32 Å². The number of amides is 1. The van der Waals surface area contributed by atoms with Crippen LogP contribution in [0.4, 0.5) is 0 Å². The van der Waals surface area contributed by atoms with Crippen LogP contribution in [0.15, 0.2) is 36.7 Å². The van der Waals surface area contributed by atoms with E-state index >= 15 is 0 Å². The Kier molecular flexibility index (Phi) is 4.32. The summed E-state index contributed by atoms with van der Waals surface area (Å²) in [5.74, 6) is 2.40. The lowest BCUT2D eigenvalue weighted by atomic mass is 9.68. The smallest absolute Gasteiger partial charge is 0.226 e. The zero-order chi connectivity index (χ0) is 17.3. The molecule has 3 unspecified atom stereocenters. The number of carbonyl (C=O) groups is 1. The minimum atomic E-state index is -0.216. The van der Waals surface area contributed by atoms with E-state index in [0.717, 1.165) is 31.1 Å². The number of hydrogen-bond donors (Lipinski definition) is 1. The molecule has 0 radical (unpaired) electrons. The van der Waals surface area contributed by atoms with E-state index in [0.29, 0.717) is 12.5 Å². The van der Waals surface area contributed by atoms with Crippen LogP contribution in [0.3, 0.4) is 0 Å². The quantitative estimate of drug-likeness (QED) is 0.881. The van der Waals surface area contributed by atoms with Crippen molar-refractivity contribution in [2.75, 3.05) is 6.54 Å². The van der Waals surface area contributed by atoms with Crippen LogP contribution in [-0.2, 0) is 17.8 Å². The van der Waals surface area contributed by atoms with Crippen molar-refractivity contribution in [1.82, 2.24) is 20.1 Å². The highest BCUT2D eigenvalue weighted by Crippen LogP contribution is 2.57. The number of nitrogens with zero attached hydrogens (tertiary/aromatic N) is 3. The van der Waals surface area contributed by atoms with Gasteiger partial charge in [0.05, 0.1) is 5.41 Å². The summed E-state index contributed by atoms with van der Waals surface area (Å²) < 4.78 is 1.98. The topological polar surface area (TPSA) is 59.8 Å². The van der Waals surface area contributed by atoms with Crippen molar-refractivity contribution in [1.29, 1.82) is 0 Å². The number of aromatic nitrogens is 3. The van der Waals surface area contributed by atoms with Gasteiger partial charge in [-0.1, -0.05) is 36.8 Å². The van der Waals surface area contributed by atoms with E-state index in [1.54, 1.807) is 6.33 Å². The highest BCUT2D eigenvalue weighted by atomic mass is 16.2. The zero-order valence-electron chi connectivity index (χ0n) is 14.8. The Morgan fingerprint density at radius 1 is 1.32 bits per heavy atom. The molecule has 2 aliphatic rings. The molecule has 3 atom stereocenters. The van der Waals surface area contributed by atoms with E-state index < -0.39 is 0 Å². The maximum Gasteiger partial charge on any atom is 0.226 e. The SMILES string of the molecule is Cc1nncn1CCNC(=O)C1(Cc2ccccc2)CC2CCC1C2. The molecule has 5 nitrogen and oxygen atoms in total. The normalized spacial score (nSPS) is 27.6. The van der Waals surface area contributed by atoms with E-state index in [-0.39, 0.29) is 11.3 Å². The van der Waals surface area contributed by atoms with Gasteiger partial charge in [-0.05, 0) is 50.0 Å². The van der Waals surface area contributed by atoms with E-state index in [1.807, 2.05) is 17.6 Å². The summed E-state index contributed by atoms with van der Waals surface area (Å²) in [4.78, 5) is 13.2. The molecule has 25 heavy (non-hydrogen) atoms. The van der Waals surface area contributed by atoms with Gasteiger partial charge in [-0.15, -0.1) is 10.2 Å². The Balaban J connectivity index is 1.46. The van der Waals surface area contributed by atoms with Gasteiger partial charge in [0, 0.05) is 13.1 Å². The molecule has 4 rings (SSSR count). The summed E-state index contributed by atoms with van der Waals surface area (Å²) >= 11 is 0. The molecule has 2 aromatic rings. The molecule has 1 aromatic carbocycles. The second-order valence-corrected chi connectivity index (χ2v) is 7.73. The number of fused-ring (bicyclic) bond motifs is 2. The lowest BCUT2D eigenvalue weighted by Crippen LogP contribution is -2.46. The Bertz CT molecular complexity index is 741. The minimum Gasteiger partial charge on any atom is -0.354 e. The molecule has 1 N–H and O–H groups in total. The zero-order valence-corrected chi connectivity index (χ0v) is 14.8. The molecule has 1 amide bonds. The van der Waals surface area contributed by atoms with Crippen LogP contribution in [0.1, 0.15) is 37.1 Å². The summed E-state index contributed by atoms with van der Waals surface area (Å²) in [6.07, 6.45) is 7.37. The van der Waals surface area contributed by atoms with Gasteiger partial charge in [-0.2, -0.15) is 0 Å². The number of rotatable bonds is 6. The van der Waals surface area contributed by atoms with Crippen molar-refractivity contribution < 1.29 is 4.79 Å². The first-order chi connectivity index (χ1) is 12.2. The Morgan fingerprint density at radius 2 is 2.16 bits per heavy atom. The number of aryl methyl sites for hydroxylation is 1. The van der Waals surface area contributed by atoms with E-state index in [2.05, 4.69) is 39.8 Å². The number of nitrogens with one attached hydrogen (secondary N) is 1. The van der Waals surface area contributed by atoms with Gasteiger partial charge in [0.25, 0.3) is 0 Å². The van der Waals surface area contributed by atoms with Crippen molar-refractivity contribution in [2.45, 2.75) is 45.6 Å². The fourth-order valence-electron chi connectivity index (χ4n) is 4.98. The summed E-state index contributed by atoms with van der Waals surface area (Å²) in [7, 11) is 0. The van der Waals surface area contributed by atoms with Crippen molar-refractivity contribution in [3.8, 4) is 0 Å². The van der Waals surface area contributed by atoms with Crippen molar-refractivity contribution >= 4 is 5.91 Å². The molecule has 2 bridgehead atoms. The molecule has 132 valence electrons. The van der Waals surface area contributed by atoms with E-state index in [4.69, 9.17) is 0 Å². The van der Waals surface area contributed by atoms with Gasteiger partial charge < -0.3 is 9.88 Å². The van der Waals surface area contributed by atoms with E-state index in [1.165, 1.54) is 24.8 Å². The molecule has 0 aliphatic heterocycles. The van der Waals surface area contributed by atoms with Crippen molar-refractivity contribution in [3.05, 3.63) is 48.0 Å². The summed E-state index contributed by atoms with van der Waals surface area (Å²) in [6, 6.07) is 10.5. The Morgan fingerprint density at radius 3 is 2.80 bits per heavy atom. The lowest BCUT2D eigenvalue weighted by molar-refractivity contribution is -0.134. The largest absolute Gasteiger partial charge is 0.354 e. The number of hydrogen-bond acceptors (Lipinski definition) is 3.